The summed E-state index contributed by atoms with van der Waals surface area (Å²) in [6, 6.07) is 0. The molecule has 0 spiro atoms. The van der Waals surface area contributed by atoms with E-state index in [-0.39, 0.29) is 0 Å². The average Bonchev–Trinajstić information content (AvgIpc) is 2.96. The molecule has 0 saturated heterocycles. The van der Waals surface area contributed by atoms with Gasteiger partial charge in [-0.05, 0) is 18.8 Å². The van der Waals surface area contributed by atoms with Crippen molar-refractivity contribution < 1.29 is 0 Å². The van der Waals surface area contributed by atoms with Gasteiger partial charge in [0, 0.05) is 18.8 Å². The highest BCUT2D eigenvalue weighted by Gasteiger charge is 2.27. The zero-order valence-corrected chi connectivity index (χ0v) is 8.62. The van der Waals surface area contributed by atoms with Crippen LogP contribution >= 0.6 is 11.6 Å². The van der Waals surface area contributed by atoms with Gasteiger partial charge in [0.1, 0.15) is 5.52 Å². The fraction of sp³-hybridized carbons (Fsp3) is 0.400. The molecule has 72 valence electrons. The summed E-state index contributed by atoms with van der Waals surface area (Å²) >= 11 is 6.05. The highest BCUT2D eigenvalue weighted by molar-refractivity contribution is 6.35. The van der Waals surface area contributed by atoms with Gasteiger partial charge in [0.25, 0.3) is 0 Å². The molecule has 2 aromatic heterocycles. The molecular formula is C10H10ClN3. The monoisotopic (exact) mass is 207 g/mol. The summed E-state index contributed by atoms with van der Waals surface area (Å²) in [6.07, 6.45) is 6.30. The molecule has 0 amide bonds. The third-order valence-corrected chi connectivity index (χ3v) is 3.03. The Labute approximate surface area is 86.7 Å². The van der Waals surface area contributed by atoms with Gasteiger partial charge in [0.15, 0.2) is 0 Å². The number of rotatable bonds is 1. The molecule has 0 radical (unpaired) electrons. The number of hydrogen-bond acceptors (Lipinski definition) is 2. The molecule has 0 atom stereocenters. The Kier molecular flexibility index (Phi) is 1.59. The summed E-state index contributed by atoms with van der Waals surface area (Å²) < 4.78 is 2.04. The second-order valence-corrected chi connectivity index (χ2v) is 4.27. The zero-order valence-electron chi connectivity index (χ0n) is 7.87. The minimum absolute atomic E-state index is 0.678. The molecule has 1 aliphatic rings. The fourth-order valence-corrected chi connectivity index (χ4v) is 2.19. The molecule has 4 heteroatoms. The van der Waals surface area contributed by atoms with Gasteiger partial charge in [0.2, 0.25) is 0 Å². The van der Waals surface area contributed by atoms with E-state index in [0.29, 0.717) is 10.9 Å². The molecule has 3 nitrogen and oxygen atoms in total. The van der Waals surface area contributed by atoms with Gasteiger partial charge in [0.05, 0.1) is 16.7 Å². The molecule has 0 aromatic carbocycles. The highest BCUT2D eigenvalue weighted by atomic mass is 35.5. The number of nitrogens with zero attached hydrogens (tertiary/aromatic N) is 3. The van der Waals surface area contributed by atoms with Crippen molar-refractivity contribution in [1.82, 2.24) is 14.8 Å². The van der Waals surface area contributed by atoms with Crippen LogP contribution in [-0.4, -0.2) is 14.8 Å². The van der Waals surface area contributed by atoms with E-state index in [1.165, 1.54) is 18.4 Å². The van der Waals surface area contributed by atoms with Crippen molar-refractivity contribution in [2.45, 2.75) is 18.8 Å². The van der Waals surface area contributed by atoms with Crippen LogP contribution in [0.5, 0.6) is 0 Å². The third kappa shape index (κ3) is 1.05. The van der Waals surface area contributed by atoms with E-state index in [0.717, 1.165) is 11.0 Å². The second-order valence-electron chi connectivity index (χ2n) is 3.86. The Hall–Kier alpha value is -1.09. The average molecular weight is 208 g/mol. The standard InChI is InChI=1S/C10H10ClN3/c1-14-5-8(11)9-10(14)7(4-12-13-9)6-2-3-6/h4-6H,2-3H2,1H3. The van der Waals surface area contributed by atoms with E-state index >= 15 is 0 Å². The van der Waals surface area contributed by atoms with Crippen molar-refractivity contribution in [2.75, 3.05) is 0 Å². The van der Waals surface area contributed by atoms with E-state index in [4.69, 9.17) is 11.6 Å². The predicted molar refractivity (Wildman–Crippen MR) is 55.5 cm³/mol. The molecular weight excluding hydrogens is 198 g/mol. The van der Waals surface area contributed by atoms with E-state index in [1.54, 1.807) is 0 Å². The molecule has 1 aliphatic carbocycles. The lowest BCUT2D eigenvalue weighted by Crippen LogP contribution is -1.93. The molecule has 3 rings (SSSR count). The minimum atomic E-state index is 0.678. The van der Waals surface area contributed by atoms with E-state index in [2.05, 4.69) is 10.2 Å². The van der Waals surface area contributed by atoms with Crippen molar-refractivity contribution in [3.63, 3.8) is 0 Å². The Morgan fingerprint density at radius 1 is 1.50 bits per heavy atom. The van der Waals surface area contributed by atoms with Crippen LogP contribution in [0.15, 0.2) is 12.4 Å². The van der Waals surface area contributed by atoms with Crippen LogP contribution in [0.3, 0.4) is 0 Å². The Bertz CT molecular complexity index is 499. The summed E-state index contributed by atoms with van der Waals surface area (Å²) in [5.41, 5.74) is 3.27. The molecule has 1 fully saturated rings. The van der Waals surface area contributed by atoms with Crippen LogP contribution in [0.2, 0.25) is 5.02 Å². The summed E-state index contributed by atoms with van der Waals surface area (Å²) in [4.78, 5) is 0. The van der Waals surface area contributed by atoms with Gasteiger partial charge in [-0.3, -0.25) is 0 Å². The van der Waals surface area contributed by atoms with Gasteiger partial charge in [-0.15, -0.1) is 5.10 Å². The number of aryl methyl sites for hydroxylation is 1. The van der Waals surface area contributed by atoms with Gasteiger partial charge < -0.3 is 4.57 Å². The van der Waals surface area contributed by atoms with Crippen LogP contribution in [-0.2, 0) is 7.05 Å². The fourth-order valence-electron chi connectivity index (χ4n) is 1.91. The maximum absolute atomic E-state index is 6.05. The predicted octanol–water partition coefficient (Wildman–Crippen LogP) is 2.50. The van der Waals surface area contributed by atoms with Crippen molar-refractivity contribution >= 4 is 22.6 Å². The summed E-state index contributed by atoms with van der Waals surface area (Å²) in [5, 5.41) is 8.76. The normalized spacial score (nSPS) is 16.4. The number of hydrogen-bond donors (Lipinski definition) is 0. The van der Waals surface area contributed by atoms with Crippen molar-refractivity contribution in [3.05, 3.63) is 23.0 Å². The Morgan fingerprint density at radius 2 is 2.29 bits per heavy atom. The Balaban J connectivity index is 2.38. The lowest BCUT2D eigenvalue weighted by Gasteiger charge is -2.01. The van der Waals surface area contributed by atoms with Crippen molar-refractivity contribution in [2.24, 2.45) is 7.05 Å². The van der Waals surface area contributed by atoms with E-state index in [9.17, 15) is 0 Å². The summed E-state index contributed by atoms with van der Waals surface area (Å²) in [7, 11) is 2.00. The maximum atomic E-state index is 6.05. The number of halogens is 1. The van der Waals surface area contributed by atoms with Crippen LogP contribution in [0.1, 0.15) is 24.3 Å². The molecule has 0 aliphatic heterocycles. The topological polar surface area (TPSA) is 30.7 Å². The molecule has 2 heterocycles. The third-order valence-electron chi connectivity index (χ3n) is 2.76. The smallest absolute Gasteiger partial charge is 0.130 e. The van der Waals surface area contributed by atoms with Gasteiger partial charge in [-0.1, -0.05) is 11.6 Å². The maximum Gasteiger partial charge on any atom is 0.130 e. The quantitative estimate of drug-likeness (QED) is 0.720. The SMILES string of the molecule is Cn1cc(Cl)c2nncc(C3CC3)c21. The first-order valence-corrected chi connectivity index (χ1v) is 5.11. The van der Waals surface area contributed by atoms with Crippen LogP contribution in [0.25, 0.3) is 11.0 Å². The number of aromatic nitrogens is 3. The van der Waals surface area contributed by atoms with Gasteiger partial charge in [-0.25, -0.2) is 0 Å². The highest BCUT2D eigenvalue weighted by Crippen LogP contribution is 2.43. The zero-order chi connectivity index (χ0) is 9.71. The molecule has 14 heavy (non-hydrogen) atoms. The number of fused-ring (bicyclic) bond motifs is 1. The van der Waals surface area contributed by atoms with Crippen LogP contribution in [0.4, 0.5) is 0 Å². The summed E-state index contributed by atoms with van der Waals surface area (Å²) in [5.74, 6) is 0.678. The van der Waals surface area contributed by atoms with Crippen molar-refractivity contribution in [1.29, 1.82) is 0 Å². The lowest BCUT2D eigenvalue weighted by molar-refractivity contribution is 0.937. The van der Waals surface area contributed by atoms with Gasteiger partial charge >= 0.3 is 0 Å². The molecule has 1 saturated carbocycles. The van der Waals surface area contributed by atoms with E-state index in [1.807, 2.05) is 24.0 Å². The molecule has 0 unspecified atom stereocenters. The summed E-state index contributed by atoms with van der Waals surface area (Å²) in [6.45, 7) is 0. The van der Waals surface area contributed by atoms with E-state index < -0.39 is 0 Å². The molecule has 0 bridgehead atoms. The van der Waals surface area contributed by atoms with Gasteiger partial charge in [-0.2, -0.15) is 5.10 Å². The second kappa shape index (κ2) is 2.70. The lowest BCUT2D eigenvalue weighted by atomic mass is 10.2. The Morgan fingerprint density at radius 3 is 3.00 bits per heavy atom. The first kappa shape index (κ1) is 8.24. The molecule has 2 aromatic rings. The largest absolute Gasteiger partial charge is 0.347 e. The first-order valence-electron chi connectivity index (χ1n) is 4.73. The van der Waals surface area contributed by atoms with Crippen LogP contribution < -0.4 is 0 Å². The minimum Gasteiger partial charge on any atom is -0.347 e. The first-order chi connectivity index (χ1) is 6.77. The van der Waals surface area contributed by atoms with Crippen LogP contribution in [0, 0.1) is 0 Å². The molecule has 0 N–H and O–H groups in total. The van der Waals surface area contributed by atoms with Crippen molar-refractivity contribution in [3.8, 4) is 0 Å².